The second-order valence-electron chi connectivity index (χ2n) is 5.78. The lowest BCUT2D eigenvalue weighted by molar-refractivity contribution is -0.117. The fourth-order valence-corrected chi connectivity index (χ4v) is 2.99. The van der Waals surface area contributed by atoms with Crippen molar-refractivity contribution in [2.45, 2.75) is 32.1 Å². The number of benzene rings is 2. The maximum Gasteiger partial charge on any atom is 0.231 e. The molecule has 2 aromatic rings. The Morgan fingerprint density at radius 1 is 1.00 bits per heavy atom. The smallest absolute Gasteiger partial charge is 0.231 e. The molecule has 2 nitrogen and oxygen atoms in total. The van der Waals surface area contributed by atoms with E-state index in [9.17, 15) is 4.79 Å². The SMILES string of the molecule is CN(C(=O)Cc1ccc2c(c1)CCCC2)c1ccccc1. The molecule has 3 rings (SSSR count). The highest BCUT2D eigenvalue weighted by Gasteiger charge is 2.14. The molecule has 0 saturated carbocycles. The Kier molecular flexibility index (Phi) is 4.05. The number of carbonyl (C=O) groups excluding carboxylic acids is 1. The van der Waals surface area contributed by atoms with Gasteiger partial charge in [-0.1, -0.05) is 36.4 Å². The van der Waals surface area contributed by atoms with Crippen LogP contribution in [-0.2, 0) is 24.1 Å². The Labute approximate surface area is 126 Å². The Morgan fingerprint density at radius 3 is 2.48 bits per heavy atom. The highest BCUT2D eigenvalue weighted by molar-refractivity contribution is 5.94. The van der Waals surface area contributed by atoms with Crippen LogP contribution >= 0.6 is 0 Å². The monoisotopic (exact) mass is 279 g/mol. The van der Waals surface area contributed by atoms with E-state index in [0.717, 1.165) is 17.7 Å². The topological polar surface area (TPSA) is 20.3 Å². The number of hydrogen-bond donors (Lipinski definition) is 0. The molecular formula is C19H21NO. The number of para-hydroxylation sites is 1. The van der Waals surface area contributed by atoms with E-state index in [-0.39, 0.29) is 5.91 Å². The van der Waals surface area contributed by atoms with E-state index in [1.807, 2.05) is 37.4 Å². The molecule has 0 fully saturated rings. The number of hydrogen-bond acceptors (Lipinski definition) is 1. The van der Waals surface area contributed by atoms with Gasteiger partial charge in [0.1, 0.15) is 0 Å². The van der Waals surface area contributed by atoms with Crippen LogP contribution in [0.4, 0.5) is 5.69 Å². The summed E-state index contributed by atoms with van der Waals surface area (Å²) in [4.78, 5) is 14.1. The van der Waals surface area contributed by atoms with Gasteiger partial charge < -0.3 is 4.90 Å². The molecule has 1 aliphatic rings. The van der Waals surface area contributed by atoms with Crippen molar-refractivity contribution in [2.24, 2.45) is 0 Å². The molecule has 2 heteroatoms. The van der Waals surface area contributed by atoms with E-state index in [0.29, 0.717) is 6.42 Å². The average Bonchev–Trinajstić information content (AvgIpc) is 2.55. The second kappa shape index (κ2) is 6.13. The zero-order valence-electron chi connectivity index (χ0n) is 12.5. The molecule has 21 heavy (non-hydrogen) atoms. The molecule has 0 atom stereocenters. The Balaban J connectivity index is 1.73. The first-order valence-corrected chi connectivity index (χ1v) is 7.66. The zero-order valence-corrected chi connectivity index (χ0v) is 12.5. The normalized spacial score (nSPS) is 13.6. The van der Waals surface area contributed by atoms with Crippen LogP contribution in [0.3, 0.4) is 0 Å². The molecule has 0 aliphatic heterocycles. The molecule has 0 aromatic heterocycles. The van der Waals surface area contributed by atoms with Crippen LogP contribution < -0.4 is 4.90 Å². The molecule has 0 heterocycles. The summed E-state index contributed by atoms with van der Waals surface area (Å²) in [7, 11) is 1.84. The summed E-state index contributed by atoms with van der Waals surface area (Å²) in [6.07, 6.45) is 5.38. The zero-order chi connectivity index (χ0) is 14.7. The van der Waals surface area contributed by atoms with Gasteiger partial charge in [0.05, 0.1) is 6.42 Å². The van der Waals surface area contributed by atoms with E-state index >= 15 is 0 Å². The summed E-state index contributed by atoms with van der Waals surface area (Å²) >= 11 is 0. The predicted molar refractivity (Wildman–Crippen MR) is 86.6 cm³/mol. The van der Waals surface area contributed by atoms with Crippen LogP contribution in [0.2, 0.25) is 0 Å². The van der Waals surface area contributed by atoms with E-state index in [1.165, 1.54) is 30.4 Å². The molecule has 2 aromatic carbocycles. The Hall–Kier alpha value is -2.09. The van der Waals surface area contributed by atoms with Crippen LogP contribution in [-0.4, -0.2) is 13.0 Å². The first-order chi connectivity index (χ1) is 10.2. The first-order valence-electron chi connectivity index (χ1n) is 7.66. The molecule has 0 spiro atoms. The van der Waals surface area contributed by atoms with E-state index < -0.39 is 0 Å². The number of fused-ring (bicyclic) bond motifs is 1. The van der Waals surface area contributed by atoms with Crippen molar-refractivity contribution in [2.75, 3.05) is 11.9 Å². The van der Waals surface area contributed by atoms with Gasteiger partial charge in [0.15, 0.2) is 0 Å². The lowest BCUT2D eigenvalue weighted by Gasteiger charge is -2.19. The third-order valence-electron chi connectivity index (χ3n) is 4.29. The van der Waals surface area contributed by atoms with Crippen molar-refractivity contribution in [3.63, 3.8) is 0 Å². The van der Waals surface area contributed by atoms with E-state index in [1.54, 1.807) is 4.90 Å². The summed E-state index contributed by atoms with van der Waals surface area (Å²) < 4.78 is 0. The predicted octanol–water partition coefficient (Wildman–Crippen LogP) is 3.77. The van der Waals surface area contributed by atoms with Gasteiger partial charge in [-0.25, -0.2) is 0 Å². The second-order valence-corrected chi connectivity index (χ2v) is 5.78. The van der Waals surface area contributed by atoms with E-state index in [2.05, 4.69) is 18.2 Å². The molecule has 0 unspecified atom stereocenters. The van der Waals surface area contributed by atoms with Crippen LogP contribution in [0.1, 0.15) is 29.5 Å². The van der Waals surface area contributed by atoms with Gasteiger partial charge in [0.2, 0.25) is 5.91 Å². The van der Waals surface area contributed by atoms with Crippen molar-refractivity contribution in [1.29, 1.82) is 0 Å². The number of nitrogens with zero attached hydrogens (tertiary/aromatic N) is 1. The van der Waals surface area contributed by atoms with Crippen molar-refractivity contribution < 1.29 is 4.79 Å². The van der Waals surface area contributed by atoms with Crippen molar-refractivity contribution in [1.82, 2.24) is 0 Å². The van der Waals surface area contributed by atoms with Crippen molar-refractivity contribution in [3.8, 4) is 0 Å². The lowest BCUT2D eigenvalue weighted by atomic mass is 9.90. The molecular weight excluding hydrogens is 258 g/mol. The fraction of sp³-hybridized carbons (Fsp3) is 0.316. The third-order valence-corrected chi connectivity index (χ3v) is 4.29. The maximum atomic E-state index is 12.4. The summed E-state index contributed by atoms with van der Waals surface area (Å²) in [5.41, 5.74) is 4.98. The summed E-state index contributed by atoms with van der Waals surface area (Å²) in [5.74, 6) is 0.136. The minimum absolute atomic E-state index is 0.136. The van der Waals surface area contributed by atoms with Gasteiger partial charge in [-0.2, -0.15) is 0 Å². The van der Waals surface area contributed by atoms with Gasteiger partial charge in [0, 0.05) is 12.7 Å². The molecule has 0 bridgehead atoms. The standard InChI is InChI=1S/C19H21NO/c1-20(18-9-3-2-4-10-18)19(21)14-15-11-12-16-7-5-6-8-17(16)13-15/h2-4,9-13H,5-8,14H2,1H3. The third kappa shape index (κ3) is 3.15. The fourth-order valence-electron chi connectivity index (χ4n) is 2.99. The lowest BCUT2D eigenvalue weighted by Crippen LogP contribution is -2.27. The Morgan fingerprint density at radius 2 is 1.71 bits per heavy atom. The molecule has 0 saturated heterocycles. The molecule has 0 N–H and O–H groups in total. The molecule has 1 amide bonds. The summed E-state index contributed by atoms with van der Waals surface area (Å²) in [6.45, 7) is 0. The van der Waals surface area contributed by atoms with Crippen LogP contribution in [0.25, 0.3) is 0 Å². The van der Waals surface area contributed by atoms with Gasteiger partial charge in [0.25, 0.3) is 0 Å². The highest BCUT2D eigenvalue weighted by Crippen LogP contribution is 2.23. The number of amides is 1. The molecule has 108 valence electrons. The van der Waals surface area contributed by atoms with Crippen molar-refractivity contribution in [3.05, 3.63) is 65.2 Å². The number of likely N-dealkylation sites (N-methyl/N-ethyl adjacent to an activating group) is 1. The van der Waals surface area contributed by atoms with Gasteiger partial charge in [-0.15, -0.1) is 0 Å². The summed E-state index contributed by atoms with van der Waals surface area (Å²) in [5, 5.41) is 0. The van der Waals surface area contributed by atoms with E-state index in [4.69, 9.17) is 0 Å². The average molecular weight is 279 g/mol. The quantitative estimate of drug-likeness (QED) is 0.837. The molecule has 0 radical (unpaired) electrons. The minimum atomic E-state index is 0.136. The van der Waals surface area contributed by atoms with Crippen LogP contribution in [0, 0.1) is 0 Å². The highest BCUT2D eigenvalue weighted by atomic mass is 16.2. The summed E-state index contributed by atoms with van der Waals surface area (Å²) in [6, 6.07) is 16.3. The van der Waals surface area contributed by atoms with Gasteiger partial charge in [-0.05, 0) is 54.5 Å². The van der Waals surface area contributed by atoms with Crippen LogP contribution in [0.5, 0.6) is 0 Å². The van der Waals surface area contributed by atoms with Gasteiger partial charge >= 0.3 is 0 Å². The number of carbonyl (C=O) groups is 1. The number of aryl methyl sites for hydroxylation is 2. The van der Waals surface area contributed by atoms with Crippen molar-refractivity contribution >= 4 is 11.6 Å². The minimum Gasteiger partial charge on any atom is -0.315 e. The van der Waals surface area contributed by atoms with Crippen LogP contribution in [0.15, 0.2) is 48.5 Å². The number of anilines is 1. The maximum absolute atomic E-state index is 12.4. The molecule has 1 aliphatic carbocycles. The first kappa shape index (κ1) is 13.9. The largest absolute Gasteiger partial charge is 0.315 e. The number of rotatable bonds is 3. The van der Waals surface area contributed by atoms with Gasteiger partial charge in [-0.3, -0.25) is 4.79 Å². The Bertz CT molecular complexity index is 633.